The molecule has 0 N–H and O–H groups in total. The Morgan fingerprint density at radius 1 is 0.947 bits per heavy atom. The maximum atomic E-state index is 5.53. The van der Waals surface area contributed by atoms with Gasteiger partial charge in [0, 0.05) is 19.1 Å². The van der Waals surface area contributed by atoms with Gasteiger partial charge in [-0.1, -0.05) is 49.6 Å². The summed E-state index contributed by atoms with van der Waals surface area (Å²) < 4.78 is 5.53. The van der Waals surface area contributed by atoms with Gasteiger partial charge in [0.25, 0.3) is 0 Å². The van der Waals surface area contributed by atoms with E-state index in [2.05, 4.69) is 35.2 Å². The molecule has 1 heterocycles. The second kappa shape index (κ2) is 6.53. The van der Waals surface area contributed by atoms with Crippen molar-refractivity contribution in [2.24, 2.45) is 5.92 Å². The van der Waals surface area contributed by atoms with Crippen molar-refractivity contribution < 1.29 is 4.74 Å². The molecule has 2 aliphatic rings. The van der Waals surface area contributed by atoms with Crippen molar-refractivity contribution >= 4 is 0 Å². The average molecular weight is 259 g/mol. The monoisotopic (exact) mass is 259 g/mol. The van der Waals surface area contributed by atoms with Gasteiger partial charge in [0.05, 0.1) is 13.2 Å². The fourth-order valence-corrected chi connectivity index (χ4v) is 3.74. The zero-order valence-corrected chi connectivity index (χ0v) is 11.8. The summed E-state index contributed by atoms with van der Waals surface area (Å²) in [7, 11) is 0. The number of benzene rings is 1. The molecule has 1 unspecified atom stereocenters. The number of ether oxygens (including phenoxy) is 1. The number of hydrogen-bond donors (Lipinski definition) is 0. The average Bonchev–Trinajstić information content (AvgIpc) is 2.51. The van der Waals surface area contributed by atoms with Gasteiger partial charge in [-0.2, -0.15) is 0 Å². The molecule has 1 aromatic rings. The van der Waals surface area contributed by atoms with Gasteiger partial charge in [0.2, 0.25) is 0 Å². The van der Waals surface area contributed by atoms with Gasteiger partial charge >= 0.3 is 0 Å². The molecule has 0 aromatic heterocycles. The van der Waals surface area contributed by atoms with Gasteiger partial charge in [0.15, 0.2) is 0 Å². The van der Waals surface area contributed by atoms with Crippen LogP contribution < -0.4 is 0 Å². The Kier molecular flexibility index (Phi) is 4.52. The highest BCUT2D eigenvalue weighted by molar-refractivity contribution is 5.20. The minimum Gasteiger partial charge on any atom is -0.379 e. The van der Waals surface area contributed by atoms with E-state index in [9.17, 15) is 0 Å². The molecule has 0 amide bonds. The topological polar surface area (TPSA) is 12.5 Å². The first-order chi connectivity index (χ1) is 9.45. The molecule has 1 aromatic carbocycles. The van der Waals surface area contributed by atoms with Crippen LogP contribution in [0.5, 0.6) is 0 Å². The van der Waals surface area contributed by atoms with Crippen LogP contribution in [0.2, 0.25) is 0 Å². The molecule has 3 rings (SSSR count). The number of rotatable bonds is 3. The van der Waals surface area contributed by atoms with E-state index < -0.39 is 0 Å². The predicted molar refractivity (Wildman–Crippen MR) is 78.2 cm³/mol. The molecule has 0 radical (unpaired) electrons. The highest BCUT2D eigenvalue weighted by atomic mass is 16.5. The summed E-state index contributed by atoms with van der Waals surface area (Å²) in [5.74, 6) is 0.842. The lowest BCUT2D eigenvalue weighted by atomic mass is 9.80. The molecule has 2 heteroatoms. The van der Waals surface area contributed by atoms with Crippen molar-refractivity contribution in [2.45, 2.75) is 38.1 Å². The zero-order valence-electron chi connectivity index (χ0n) is 11.8. The molecular formula is C17H25NO. The van der Waals surface area contributed by atoms with Crippen LogP contribution in [0.4, 0.5) is 0 Å². The van der Waals surface area contributed by atoms with Crippen molar-refractivity contribution in [3.8, 4) is 0 Å². The summed E-state index contributed by atoms with van der Waals surface area (Å²) in [5.41, 5.74) is 1.51. The van der Waals surface area contributed by atoms with Crippen LogP contribution >= 0.6 is 0 Å². The van der Waals surface area contributed by atoms with Crippen molar-refractivity contribution in [1.29, 1.82) is 0 Å². The smallest absolute Gasteiger partial charge is 0.0594 e. The molecule has 19 heavy (non-hydrogen) atoms. The Morgan fingerprint density at radius 2 is 1.63 bits per heavy atom. The maximum absolute atomic E-state index is 5.53. The Labute approximate surface area is 116 Å². The quantitative estimate of drug-likeness (QED) is 0.821. The molecule has 1 aliphatic carbocycles. The summed E-state index contributed by atoms with van der Waals surface area (Å²) in [6, 6.07) is 11.7. The van der Waals surface area contributed by atoms with E-state index in [1.807, 2.05) is 0 Å². The lowest BCUT2D eigenvalue weighted by Gasteiger charge is -2.41. The second-order valence-corrected chi connectivity index (χ2v) is 5.90. The molecule has 1 atom stereocenters. The van der Waals surface area contributed by atoms with E-state index in [0.717, 1.165) is 32.2 Å². The fourth-order valence-electron chi connectivity index (χ4n) is 3.74. The summed E-state index contributed by atoms with van der Waals surface area (Å²) >= 11 is 0. The fraction of sp³-hybridized carbons (Fsp3) is 0.647. The van der Waals surface area contributed by atoms with E-state index >= 15 is 0 Å². The van der Waals surface area contributed by atoms with Crippen molar-refractivity contribution in [3.63, 3.8) is 0 Å². The van der Waals surface area contributed by atoms with Gasteiger partial charge in [0.1, 0.15) is 0 Å². The third kappa shape index (κ3) is 3.18. The highest BCUT2D eigenvalue weighted by Crippen LogP contribution is 2.38. The lowest BCUT2D eigenvalue weighted by molar-refractivity contribution is -0.00313. The Hall–Kier alpha value is -0.860. The van der Waals surface area contributed by atoms with Crippen LogP contribution in [0.3, 0.4) is 0 Å². The van der Waals surface area contributed by atoms with Gasteiger partial charge in [-0.25, -0.2) is 0 Å². The lowest BCUT2D eigenvalue weighted by Crippen LogP contribution is -2.42. The van der Waals surface area contributed by atoms with Crippen molar-refractivity contribution in [1.82, 2.24) is 4.90 Å². The van der Waals surface area contributed by atoms with Gasteiger partial charge < -0.3 is 4.74 Å². The molecule has 1 saturated heterocycles. The largest absolute Gasteiger partial charge is 0.379 e. The standard InChI is InChI=1S/C17H25NO/c1-3-7-15(8-4-1)17(16-9-5-2-6-10-16)18-11-13-19-14-12-18/h1,3-4,7-8,16-17H,2,5-6,9-14H2. The van der Waals surface area contributed by atoms with Gasteiger partial charge in [-0.3, -0.25) is 4.90 Å². The first kappa shape index (κ1) is 13.1. The Morgan fingerprint density at radius 3 is 2.32 bits per heavy atom. The number of nitrogens with zero attached hydrogens (tertiary/aromatic N) is 1. The SMILES string of the molecule is c1ccc(C(C2CCCCC2)N2CCOCC2)cc1. The highest BCUT2D eigenvalue weighted by Gasteiger charge is 2.30. The van der Waals surface area contributed by atoms with Crippen molar-refractivity contribution in [3.05, 3.63) is 35.9 Å². The van der Waals surface area contributed by atoms with Crippen LogP contribution in [0.25, 0.3) is 0 Å². The molecule has 1 aliphatic heterocycles. The van der Waals surface area contributed by atoms with E-state index in [0.29, 0.717) is 6.04 Å². The third-order valence-electron chi connectivity index (χ3n) is 4.68. The van der Waals surface area contributed by atoms with Gasteiger partial charge in [-0.05, 0) is 24.3 Å². The molecule has 1 saturated carbocycles. The van der Waals surface area contributed by atoms with Crippen LogP contribution in [-0.4, -0.2) is 31.2 Å². The Bertz CT molecular complexity index is 348. The molecule has 0 bridgehead atoms. The van der Waals surface area contributed by atoms with Crippen LogP contribution in [0.1, 0.15) is 43.7 Å². The normalized spacial score (nSPS) is 24.2. The molecule has 0 spiro atoms. The van der Waals surface area contributed by atoms with Crippen LogP contribution in [0.15, 0.2) is 30.3 Å². The van der Waals surface area contributed by atoms with E-state index in [4.69, 9.17) is 4.74 Å². The molecule has 2 nitrogen and oxygen atoms in total. The molecular weight excluding hydrogens is 234 g/mol. The number of hydrogen-bond acceptors (Lipinski definition) is 2. The van der Waals surface area contributed by atoms with E-state index in [1.54, 1.807) is 0 Å². The predicted octanol–water partition coefficient (Wildman–Crippen LogP) is 3.64. The molecule has 2 fully saturated rings. The summed E-state index contributed by atoms with van der Waals surface area (Å²) in [6.45, 7) is 3.98. The summed E-state index contributed by atoms with van der Waals surface area (Å²) in [4.78, 5) is 2.66. The first-order valence-electron chi connectivity index (χ1n) is 7.82. The summed E-state index contributed by atoms with van der Waals surface area (Å²) in [6.07, 6.45) is 7.06. The maximum Gasteiger partial charge on any atom is 0.0594 e. The van der Waals surface area contributed by atoms with E-state index in [-0.39, 0.29) is 0 Å². The second-order valence-electron chi connectivity index (χ2n) is 5.90. The van der Waals surface area contributed by atoms with Crippen LogP contribution in [-0.2, 0) is 4.74 Å². The Balaban J connectivity index is 1.81. The molecule has 104 valence electrons. The summed E-state index contributed by atoms with van der Waals surface area (Å²) in [5, 5.41) is 0. The minimum atomic E-state index is 0.616. The zero-order chi connectivity index (χ0) is 12.9. The minimum absolute atomic E-state index is 0.616. The first-order valence-corrected chi connectivity index (χ1v) is 7.82. The number of morpholine rings is 1. The van der Waals surface area contributed by atoms with Crippen molar-refractivity contribution in [2.75, 3.05) is 26.3 Å². The van der Waals surface area contributed by atoms with Gasteiger partial charge in [-0.15, -0.1) is 0 Å². The van der Waals surface area contributed by atoms with E-state index in [1.165, 1.54) is 37.7 Å². The third-order valence-corrected chi connectivity index (χ3v) is 4.68. The van der Waals surface area contributed by atoms with Crippen LogP contribution in [0, 0.1) is 5.92 Å².